The van der Waals surface area contributed by atoms with Crippen molar-refractivity contribution in [2.75, 3.05) is 35.0 Å². The van der Waals surface area contributed by atoms with Crippen LogP contribution in [0.25, 0.3) is 0 Å². The number of methoxy groups -OCH3 is 4. The van der Waals surface area contributed by atoms with Crippen molar-refractivity contribution in [1.29, 1.82) is 0 Å². The molecule has 1 rings (SSSR count). The van der Waals surface area contributed by atoms with Crippen LogP contribution in [0.4, 0.5) is 0 Å². The fraction of sp³-hybridized carbons (Fsp3) is 0.467. The fourth-order valence-corrected chi connectivity index (χ4v) is 2.12. The van der Waals surface area contributed by atoms with Gasteiger partial charge in [-0.1, -0.05) is 0 Å². The molecule has 128 valence electrons. The van der Waals surface area contributed by atoms with Crippen molar-refractivity contribution in [2.24, 2.45) is 5.10 Å². The molecule has 1 aromatic rings. The van der Waals surface area contributed by atoms with Crippen LogP contribution < -0.4 is 25.0 Å². The van der Waals surface area contributed by atoms with E-state index in [0.717, 1.165) is 0 Å². The van der Waals surface area contributed by atoms with Crippen molar-refractivity contribution < 1.29 is 18.9 Å². The molecule has 0 saturated carbocycles. The summed E-state index contributed by atoms with van der Waals surface area (Å²) in [6.45, 7) is 2.50. The van der Waals surface area contributed by atoms with E-state index in [1.165, 1.54) is 0 Å². The largest absolute Gasteiger partial charge is 0.496 e. The Kier molecular flexibility index (Phi) is 8.14. The number of hydrogen-bond acceptors (Lipinski definition) is 6. The van der Waals surface area contributed by atoms with Crippen LogP contribution in [-0.2, 0) is 4.74 Å². The van der Waals surface area contributed by atoms with E-state index in [1.807, 2.05) is 6.92 Å². The number of benzene rings is 1. The normalized spacial score (nSPS) is 11.9. The Morgan fingerprint density at radius 3 is 2.26 bits per heavy atom. The summed E-state index contributed by atoms with van der Waals surface area (Å²) >= 11 is 5.15. The molecule has 0 aliphatic carbocycles. The van der Waals surface area contributed by atoms with E-state index in [-0.39, 0.29) is 6.04 Å². The van der Waals surface area contributed by atoms with E-state index >= 15 is 0 Å². The first-order chi connectivity index (χ1) is 11.0. The van der Waals surface area contributed by atoms with Crippen molar-refractivity contribution in [3.63, 3.8) is 0 Å². The van der Waals surface area contributed by atoms with Crippen molar-refractivity contribution in [1.82, 2.24) is 10.7 Å². The Morgan fingerprint density at radius 1 is 1.17 bits per heavy atom. The van der Waals surface area contributed by atoms with Crippen LogP contribution in [0.1, 0.15) is 12.5 Å². The van der Waals surface area contributed by atoms with Crippen LogP contribution in [0.3, 0.4) is 0 Å². The molecule has 0 aromatic heterocycles. The van der Waals surface area contributed by atoms with Gasteiger partial charge in [0.1, 0.15) is 17.2 Å². The van der Waals surface area contributed by atoms with Gasteiger partial charge in [0.2, 0.25) is 0 Å². The van der Waals surface area contributed by atoms with E-state index in [2.05, 4.69) is 15.8 Å². The Morgan fingerprint density at radius 2 is 1.78 bits per heavy atom. The van der Waals surface area contributed by atoms with Gasteiger partial charge in [0.25, 0.3) is 0 Å². The zero-order valence-electron chi connectivity index (χ0n) is 14.0. The molecule has 0 radical (unpaired) electrons. The van der Waals surface area contributed by atoms with E-state index in [1.54, 1.807) is 46.8 Å². The Bertz CT molecular complexity index is 527. The molecule has 7 nitrogen and oxygen atoms in total. The standard InChI is InChI=1S/C15H23N3O4S/c1-10(9-19-2)17-15(23)18-16-8-12-13(21-4)6-11(20-3)7-14(12)22-5/h6-8,10H,9H2,1-5H3,(H2,17,18,23)/b16-8-/t10-/m1/s1. The minimum absolute atomic E-state index is 0.0836. The SMILES string of the molecule is COC[C@@H](C)NC(=S)N/N=C\c1c(OC)cc(OC)cc1OC. The molecule has 0 spiro atoms. The highest BCUT2D eigenvalue weighted by Crippen LogP contribution is 2.32. The second kappa shape index (κ2) is 9.86. The Hall–Kier alpha value is -2.06. The molecule has 0 unspecified atom stereocenters. The van der Waals surface area contributed by atoms with Gasteiger partial charge in [-0.3, -0.25) is 5.43 Å². The summed E-state index contributed by atoms with van der Waals surface area (Å²) in [5.74, 6) is 1.80. The molecule has 0 fully saturated rings. The van der Waals surface area contributed by atoms with E-state index in [0.29, 0.717) is 34.5 Å². The molecule has 23 heavy (non-hydrogen) atoms. The maximum Gasteiger partial charge on any atom is 0.187 e. The quantitative estimate of drug-likeness (QED) is 0.422. The lowest BCUT2D eigenvalue weighted by Crippen LogP contribution is -2.40. The minimum atomic E-state index is 0.0836. The Balaban J connectivity index is 2.81. The topological polar surface area (TPSA) is 73.3 Å². The van der Waals surface area contributed by atoms with Gasteiger partial charge in [0, 0.05) is 25.3 Å². The number of nitrogens with zero attached hydrogens (tertiary/aromatic N) is 1. The molecule has 0 aliphatic rings. The highest BCUT2D eigenvalue weighted by Gasteiger charge is 2.11. The number of rotatable bonds is 8. The van der Waals surface area contributed by atoms with Crippen molar-refractivity contribution in [3.05, 3.63) is 17.7 Å². The third kappa shape index (κ3) is 5.91. The van der Waals surface area contributed by atoms with Gasteiger partial charge in [-0.15, -0.1) is 0 Å². The molecule has 0 aliphatic heterocycles. The van der Waals surface area contributed by atoms with Crippen LogP contribution >= 0.6 is 12.2 Å². The first-order valence-corrected chi connectivity index (χ1v) is 7.35. The van der Waals surface area contributed by atoms with Crippen LogP contribution in [0.15, 0.2) is 17.2 Å². The predicted octanol–water partition coefficient (Wildman–Crippen LogP) is 1.55. The molecule has 0 saturated heterocycles. The monoisotopic (exact) mass is 341 g/mol. The maximum atomic E-state index is 5.34. The van der Waals surface area contributed by atoms with Gasteiger partial charge in [-0.25, -0.2) is 0 Å². The molecule has 2 N–H and O–H groups in total. The van der Waals surface area contributed by atoms with Gasteiger partial charge in [-0.05, 0) is 19.1 Å². The summed E-state index contributed by atoms with van der Waals surface area (Å²) in [6, 6.07) is 3.59. The molecule has 0 bridgehead atoms. The summed E-state index contributed by atoms with van der Waals surface area (Å²) in [5.41, 5.74) is 3.42. The van der Waals surface area contributed by atoms with Crippen molar-refractivity contribution >= 4 is 23.5 Å². The van der Waals surface area contributed by atoms with Crippen molar-refractivity contribution in [3.8, 4) is 17.2 Å². The lowest BCUT2D eigenvalue weighted by molar-refractivity contribution is 0.179. The first kappa shape index (κ1) is 19.0. The molecule has 1 atom stereocenters. The first-order valence-electron chi connectivity index (χ1n) is 6.94. The number of nitrogens with one attached hydrogen (secondary N) is 2. The third-order valence-electron chi connectivity index (χ3n) is 2.91. The molecular formula is C15H23N3O4S. The van der Waals surface area contributed by atoms with Crippen molar-refractivity contribution in [2.45, 2.75) is 13.0 Å². The lowest BCUT2D eigenvalue weighted by Gasteiger charge is -2.14. The van der Waals surface area contributed by atoms with Gasteiger partial charge < -0.3 is 24.3 Å². The highest BCUT2D eigenvalue weighted by atomic mass is 32.1. The van der Waals surface area contributed by atoms with E-state index in [4.69, 9.17) is 31.2 Å². The molecule has 8 heteroatoms. The summed E-state index contributed by atoms with van der Waals surface area (Å²) in [4.78, 5) is 0. The van der Waals surface area contributed by atoms with Crippen LogP contribution in [0.2, 0.25) is 0 Å². The van der Waals surface area contributed by atoms with E-state index < -0.39 is 0 Å². The average molecular weight is 341 g/mol. The lowest BCUT2D eigenvalue weighted by atomic mass is 10.2. The summed E-state index contributed by atoms with van der Waals surface area (Å²) in [5, 5.41) is 7.55. The summed E-state index contributed by atoms with van der Waals surface area (Å²) in [7, 11) is 6.35. The second-order valence-electron chi connectivity index (χ2n) is 4.65. The minimum Gasteiger partial charge on any atom is -0.496 e. The Labute approximate surface area is 141 Å². The number of hydrogen-bond donors (Lipinski definition) is 2. The average Bonchev–Trinajstić information content (AvgIpc) is 2.54. The maximum absolute atomic E-state index is 5.34. The number of ether oxygens (including phenoxy) is 4. The van der Waals surface area contributed by atoms with E-state index in [9.17, 15) is 0 Å². The fourth-order valence-electron chi connectivity index (χ4n) is 1.86. The number of hydrazone groups is 1. The summed E-state index contributed by atoms with van der Waals surface area (Å²) in [6.07, 6.45) is 1.58. The predicted molar refractivity (Wildman–Crippen MR) is 93.9 cm³/mol. The summed E-state index contributed by atoms with van der Waals surface area (Å²) < 4.78 is 20.9. The van der Waals surface area contributed by atoms with Crippen LogP contribution in [0, 0.1) is 0 Å². The van der Waals surface area contributed by atoms with Gasteiger partial charge in [0.15, 0.2) is 5.11 Å². The molecular weight excluding hydrogens is 318 g/mol. The molecule has 0 heterocycles. The number of thiocarbonyl (C=S) groups is 1. The smallest absolute Gasteiger partial charge is 0.187 e. The van der Waals surface area contributed by atoms with Crippen LogP contribution in [-0.4, -0.2) is 52.4 Å². The second-order valence-corrected chi connectivity index (χ2v) is 5.05. The zero-order chi connectivity index (χ0) is 17.2. The van der Waals surface area contributed by atoms with Gasteiger partial charge >= 0.3 is 0 Å². The highest BCUT2D eigenvalue weighted by molar-refractivity contribution is 7.80. The molecule has 0 amide bonds. The van der Waals surface area contributed by atoms with Crippen LogP contribution in [0.5, 0.6) is 17.2 Å². The zero-order valence-corrected chi connectivity index (χ0v) is 14.8. The third-order valence-corrected chi connectivity index (χ3v) is 3.12. The molecule has 1 aromatic carbocycles. The van der Waals surface area contributed by atoms with Gasteiger partial charge in [-0.2, -0.15) is 5.10 Å². The van der Waals surface area contributed by atoms with Gasteiger partial charge in [0.05, 0.1) is 39.7 Å².